The fraction of sp³-hybridized carbons (Fsp3) is 0.304. The van der Waals surface area contributed by atoms with Crippen LogP contribution in [0.4, 0.5) is 5.69 Å². The quantitative estimate of drug-likeness (QED) is 0.394. The van der Waals surface area contributed by atoms with Crippen LogP contribution in [0.5, 0.6) is 0 Å². The van der Waals surface area contributed by atoms with Crippen LogP contribution in [0.2, 0.25) is 0 Å². The number of benzene rings is 2. The van der Waals surface area contributed by atoms with E-state index in [1.54, 1.807) is 0 Å². The zero-order valence-corrected chi connectivity index (χ0v) is 16.8. The molecule has 156 valence electrons. The van der Waals surface area contributed by atoms with Gasteiger partial charge in [0.1, 0.15) is 5.69 Å². The van der Waals surface area contributed by atoms with E-state index >= 15 is 0 Å². The van der Waals surface area contributed by atoms with Crippen LogP contribution in [0.3, 0.4) is 0 Å². The molecule has 0 bridgehead atoms. The number of hydrogen-bond acceptors (Lipinski definition) is 4. The Bertz CT molecular complexity index is 1070. The van der Waals surface area contributed by atoms with Crippen LogP contribution < -0.4 is 22.3 Å². The van der Waals surface area contributed by atoms with Crippen molar-refractivity contribution in [3.63, 3.8) is 0 Å². The number of aromatic nitrogens is 1. The van der Waals surface area contributed by atoms with Gasteiger partial charge in [-0.05, 0) is 49.1 Å². The van der Waals surface area contributed by atoms with Crippen LogP contribution in [0, 0.1) is 5.92 Å². The normalized spacial score (nSPS) is 18.8. The highest BCUT2D eigenvalue weighted by molar-refractivity contribution is 5.99. The Balaban J connectivity index is 1.54. The molecule has 6 N–H and O–H groups in total. The van der Waals surface area contributed by atoms with Crippen molar-refractivity contribution in [3.8, 4) is 0 Å². The molecule has 4 rings (SSSR count). The van der Waals surface area contributed by atoms with Crippen LogP contribution in [0.1, 0.15) is 41.7 Å². The molecule has 0 aliphatic heterocycles. The SMILES string of the molecule is Nc1cccc(Cn2c(C(=O)NNC(=O)C3CCC[C@@H](N)C3)cc3ccccc32)c1. The van der Waals surface area contributed by atoms with E-state index in [0.717, 1.165) is 35.7 Å². The van der Waals surface area contributed by atoms with Gasteiger partial charge in [-0.15, -0.1) is 0 Å². The monoisotopic (exact) mass is 405 g/mol. The molecule has 1 saturated carbocycles. The van der Waals surface area contributed by atoms with Gasteiger partial charge in [-0.25, -0.2) is 0 Å². The first-order chi connectivity index (χ1) is 14.5. The van der Waals surface area contributed by atoms with E-state index in [4.69, 9.17) is 11.5 Å². The molecule has 1 fully saturated rings. The third kappa shape index (κ3) is 4.31. The number of hydrogen-bond donors (Lipinski definition) is 4. The van der Waals surface area contributed by atoms with E-state index in [9.17, 15) is 9.59 Å². The minimum absolute atomic E-state index is 0.0473. The van der Waals surface area contributed by atoms with Gasteiger partial charge in [0.05, 0.1) is 0 Å². The van der Waals surface area contributed by atoms with Gasteiger partial charge in [0.25, 0.3) is 5.91 Å². The third-order valence-corrected chi connectivity index (χ3v) is 5.72. The Hall–Kier alpha value is -3.32. The van der Waals surface area contributed by atoms with Crippen LogP contribution in [-0.2, 0) is 11.3 Å². The molecule has 1 aliphatic rings. The van der Waals surface area contributed by atoms with Crippen LogP contribution in [0.15, 0.2) is 54.6 Å². The molecule has 2 amide bonds. The van der Waals surface area contributed by atoms with E-state index in [2.05, 4.69) is 10.9 Å². The summed E-state index contributed by atoms with van der Waals surface area (Å²) in [6.07, 6.45) is 3.32. The summed E-state index contributed by atoms with van der Waals surface area (Å²) in [6.45, 7) is 0.493. The average Bonchev–Trinajstić information content (AvgIpc) is 3.10. The first-order valence-corrected chi connectivity index (χ1v) is 10.3. The summed E-state index contributed by atoms with van der Waals surface area (Å²) < 4.78 is 1.93. The number of anilines is 1. The largest absolute Gasteiger partial charge is 0.399 e. The summed E-state index contributed by atoms with van der Waals surface area (Å²) in [6, 6.07) is 17.3. The lowest BCUT2D eigenvalue weighted by Gasteiger charge is -2.25. The Labute approximate surface area is 175 Å². The maximum Gasteiger partial charge on any atom is 0.286 e. The molecular formula is C23H27N5O2. The number of para-hydroxylation sites is 1. The van der Waals surface area contributed by atoms with E-state index < -0.39 is 0 Å². The van der Waals surface area contributed by atoms with Crippen LogP contribution in [-0.4, -0.2) is 22.4 Å². The van der Waals surface area contributed by atoms with E-state index in [1.165, 1.54) is 0 Å². The van der Waals surface area contributed by atoms with Crippen molar-refractivity contribution in [2.75, 3.05) is 5.73 Å². The lowest BCUT2D eigenvalue weighted by Crippen LogP contribution is -2.47. The zero-order valence-electron chi connectivity index (χ0n) is 16.8. The summed E-state index contributed by atoms with van der Waals surface area (Å²) in [5.41, 5.74) is 20.1. The molecule has 1 heterocycles. The number of hydrazine groups is 1. The van der Waals surface area contributed by atoms with Gasteiger partial charge in [0, 0.05) is 35.1 Å². The molecule has 0 saturated heterocycles. The van der Waals surface area contributed by atoms with Gasteiger partial charge in [0.2, 0.25) is 5.91 Å². The van der Waals surface area contributed by atoms with E-state index in [1.807, 2.05) is 59.2 Å². The smallest absolute Gasteiger partial charge is 0.286 e. The summed E-state index contributed by atoms with van der Waals surface area (Å²) in [5, 5.41) is 0.955. The predicted molar refractivity (Wildman–Crippen MR) is 117 cm³/mol. The van der Waals surface area contributed by atoms with Gasteiger partial charge in [-0.1, -0.05) is 36.8 Å². The fourth-order valence-corrected chi connectivity index (χ4v) is 4.19. The standard InChI is InChI=1S/C23H27N5O2/c24-18-8-3-5-15(11-18)14-28-20-10-2-1-6-16(20)13-21(28)23(30)27-26-22(29)17-7-4-9-19(25)12-17/h1-3,5-6,8,10-11,13,17,19H,4,7,9,12,14,24-25H2,(H,26,29)(H,27,30)/t17?,19-/m1/s1. The van der Waals surface area contributed by atoms with E-state index in [-0.39, 0.29) is 23.8 Å². The summed E-state index contributed by atoms with van der Waals surface area (Å²) in [4.78, 5) is 25.4. The van der Waals surface area contributed by atoms with Crippen LogP contribution in [0.25, 0.3) is 10.9 Å². The second-order valence-corrected chi connectivity index (χ2v) is 7.99. The van der Waals surface area contributed by atoms with Gasteiger partial charge < -0.3 is 16.0 Å². The number of fused-ring (bicyclic) bond motifs is 1. The lowest BCUT2D eigenvalue weighted by molar-refractivity contribution is -0.126. The number of carbonyl (C=O) groups is 2. The summed E-state index contributed by atoms with van der Waals surface area (Å²) >= 11 is 0. The van der Waals surface area contributed by atoms with Crippen molar-refractivity contribution in [1.29, 1.82) is 0 Å². The average molecular weight is 406 g/mol. The van der Waals surface area contributed by atoms with E-state index in [0.29, 0.717) is 24.3 Å². The van der Waals surface area contributed by atoms with Crippen molar-refractivity contribution < 1.29 is 9.59 Å². The molecule has 2 atom stereocenters. The molecule has 1 unspecified atom stereocenters. The molecule has 1 aromatic heterocycles. The molecule has 2 aromatic carbocycles. The third-order valence-electron chi connectivity index (χ3n) is 5.72. The summed E-state index contributed by atoms with van der Waals surface area (Å²) in [5.74, 6) is -0.701. The first kappa shape index (κ1) is 20.0. The number of rotatable bonds is 4. The molecule has 1 aliphatic carbocycles. The van der Waals surface area contributed by atoms with Crippen molar-refractivity contribution >= 4 is 28.4 Å². The number of nitrogens with zero attached hydrogens (tertiary/aromatic N) is 1. The number of carbonyl (C=O) groups excluding carboxylic acids is 2. The number of amides is 2. The van der Waals surface area contributed by atoms with Crippen LogP contribution >= 0.6 is 0 Å². The Morgan fingerprint density at radius 2 is 1.87 bits per heavy atom. The minimum atomic E-state index is -0.358. The second-order valence-electron chi connectivity index (χ2n) is 7.99. The topological polar surface area (TPSA) is 115 Å². The maximum absolute atomic E-state index is 12.9. The predicted octanol–water partition coefficient (Wildman–Crippen LogP) is 2.55. The first-order valence-electron chi connectivity index (χ1n) is 10.3. The van der Waals surface area contributed by atoms with Gasteiger partial charge in [-0.3, -0.25) is 20.4 Å². The van der Waals surface area contributed by atoms with Gasteiger partial charge >= 0.3 is 0 Å². The number of nitrogens with two attached hydrogens (primary N) is 2. The van der Waals surface area contributed by atoms with Crippen molar-refractivity contribution in [3.05, 3.63) is 65.9 Å². The van der Waals surface area contributed by atoms with Gasteiger partial charge in [0.15, 0.2) is 0 Å². The Morgan fingerprint density at radius 1 is 1.03 bits per heavy atom. The maximum atomic E-state index is 12.9. The molecule has 3 aromatic rings. The highest BCUT2D eigenvalue weighted by Gasteiger charge is 2.26. The highest BCUT2D eigenvalue weighted by Crippen LogP contribution is 2.24. The molecule has 7 heteroatoms. The number of nitrogens with one attached hydrogen (secondary N) is 2. The molecule has 0 radical (unpaired) electrons. The molecule has 0 spiro atoms. The molecule has 7 nitrogen and oxygen atoms in total. The Kier molecular flexibility index (Phi) is 5.72. The molecular weight excluding hydrogens is 378 g/mol. The fourth-order valence-electron chi connectivity index (χ4n) is 4.19. The van der Waals surface area contributed by atoms with Gasteiger partial charge in [-0.2, -0.15) is 0 Å². The van der Waals surface area contributed by atoms with Crippen molar-refractivity contribution in [2.45, 2.75) is 38.3 Å². The lowest BCUT2D eigenvalue weighted by atomic mass is 9.86. The zero-order chi connectivity index (χ0) is 21.1. The Morgan fingerprint density at radius 3 is 2.67 bits per heavy atom. The second kappa shape index (κ2) is 8.59. The number of nitrogen functional groups attached to an aromatic ring is 1. The van der Waals surface area contributed by atoms with Crippen molar-refractivity contribution in [1.82, 2.24) is 15.4 Å². The molecule has 30 heavy (non-hydrogen) atoms. The highest BCUT2D eigenvalue weighted by atomic mass is 16.2. The summed E-state index contributed by atoms with van der Waals surface area (Å²) in [7, 11) is 0. The minimum Gasteiger partial charge on any atom is -0.399 e. The van der Waals surface area contributed by atoms with Crippen molar-refractivity contribution in [2.24, 2.45) is 11.7 Å².